The van der Waals surface area contributed by atoms with Gasteiger partial charge < -0.3 is 11.1 Å². The van der Waals surface area contributed by atoms with Gasteiger partial charge in [-0.2, -0.15) is 10.2 Å². The number of fused-ring (bicyclic) bond motifs is 9. The molecule has 0 saturated heterocycles. The largest absolute Gasteiger partial charge is 0.382 e. The monoisotopic (exact) mass is 398 g/mol. The van der Waals surface area contributed by atoms with Crippen LogP contribution in [-0.4, -0.2) is 20.4 Å². The molecular weight excluding hydrogens is 372 g/mol. The quantitative estimate of drug-likeness (QED) is 0.362. The van der Waals surface area contributed by atoms with Crippen molar-refractivity contribution in [1.29, 1.82) is 0 Å². The highest BCUT2D eigenvalue weighted by molar-refractivity contribution is 5.92. The first-order valence-corrected chi connectivity index (χ1v) is 11.1. The van der Waals surface area contributed by atoms with Gasteiger partial charge in [0.15, 0.2) is 5.82 Å². The van der Waals surface area contributed by atoms with Crippen molar-refractivity contribution in [3.63, 3.8) is 0 Å². The van der Waals surface area contributed by atoms with Gasteiger partial charge in [-0.05, 0) is 85.3 Å². The standard InChI is InChI=1S/C24H26N6/c1-11-20-19(29-27-11)7-6-18-22(20)21-13-3-2-12(8-13)9-16(21)23(26-18)14-4-5-17-15(10-14)24(25)30-28-17/h4-7,10,12-13,16,21,23,26H,2-3,8-9H2,1H3,(H,27,29)(H3,25,28,30)/t12?,13?,16-,21+,23+/m1/s1. The van der Waals surface area contributed by atoms with E-state index in [1.807, 2.05) is 0 Å². The number of rotatable bonds is 1. The molecule has 5 atom stereocenters. The SMILES string of the molecule is Cc1n[nH]c2ccc3c(c12)[C@H]1C2CCC(C2)C[C@H]1[C@H](c1ccc2[nH]nc(N)c2c1)N3. The molecule has 5 N–H and O–H groups in total. The molecule has 2 unspecified atom stereocenters. The van der Waals surface area contributed by atoms with E-state index in [0.717, 1.165) is 33.9 Å². The third kappa shape index (κ3) is 2.14. The third-order valence-electron chi connectivity index (χ3n) is 8.16. The Labute approximate surface area is 174 Å². The van der Waals surface area contributed by atoms with Crippen LogP contribution in [0.2, 0.25) is 0 Å². The summed E-state index contributed by atoms with van der Waals surface area (Å²) in [4.78, 5) is 0. The van der Waals surface area contributed by atoms with Crippen molar-refractivity contribution in [1.82, 2.24) is 20.4 Å². The predicted molar refractivity (Wildman–Crippen MR) is 119 cm³/mol. The van der Waals surface area contributed by atoms with Crippen molar-refractivity contribution in [2.75, 3.05) is 11.1 Å². The summed E-state index contributed by atoms with van der Waals surface area (Å²) in [7, 11) is 0. The Morgan fingerprint density at radius 1 is 1.00 bits per heavy atom. The van der Waals surface area contributed by atoms with E-state index in [0.29, 0.717) is 23.7 Å². The summed E-state index contributed by atoms with van der Waals surface area (Å²) in [6.07, 6.45) is 5.42. The molecule has 6 nitrogen and oxygen atoms in total. The normalized spacial score (nSPS) is 29.7. The second kappa shape index (κ2) is 5.78. The van der Waals surface area contributed by atoms with Crippen molar-refractivity contribution in [3.05, 3.63) is 47.2 Å². The summed E-state index contributed by atoms with van der Waals surface area (Å²) >= 11 is 0. The lowest BCUT2D eigenvalue weighted by Crippen LogP contribution is -2.38. The van der Waals surface area contributed by atoms with Crippen molar-refractivity contribution < 1.29 is 0 Å². The van der Waals surface area contributed by atoms with Crippen LogP contribution >= 0.6 is 0 Å². The van der Waals surface area contributed by atoms with Crippen LogP contribution in [0.15, 0.2) is 30.3 Å². The molecule has 152 valence electrons. The fourth-order valence-corrected chi connectivity index (χ4v) is 6.95. The van der Waals surface area contributed by atoms with Crippen LogP contribution in [-0.2, 0) is 0 Å². The molecule has 6 heteroatoms. The molecule has 1 aliphatic heterocycles. The number of nitrogens with two attached hydrogens (primary N) is 1. The lowest BCUT2D eigenvalue weighted by Gasteiger charge is -2.47. The van der Waals surface area contributed by atoms with Gasteiger partial charge in [-0.3, -0.25) is 10.2 Å². The highest BCUT2D eigenvalue weighted by Crippen LogP contribution is 2.60. The summed E-state index contributed by atoms with van der Waals surface area (Å²) in [5, 5.41) is 21.3. The number of benzene rings is 2. The summed E-state index contributed by atoms with van der Waals surface area (Å²) < 4.78 is 0. The number of nitrogens with zero attached hydrogens (tertiary/aromatic N) is 2. The molecule has 0 amide bonds. The van der Waals surface area contributed by atoms with Crippen molar-refractivity contribution in [2.45, 2.75) is 44.6 Å². The number of hydrogen-bond acceptors (Lipinski definition) is 4. The molecule has 2 saturated carbocycles. The number of nitrogen functional groups attached to an aromatic ring is 1. The first-order chi connectivity index (χ1) is 14.7. The van der Waals surface area contributed by atoms with Gasteiger partial charge in [-0.15, -0.1) is 0 Å². The number of hydrogen-bond donors (Lipinski definition) is 4. The van der Waals surface area contributed by atoms with E-state index in [-0.39, 0.29) is 0 Å². The lowest BCUT2D eigenvalue weighted by molar-refractivity contribution is 0.190. The molecule has 2 bridgehead atoms. The summed E-state index contributed by atoms with van der Waals surface area (Å²) in [6.45, 7) is 2.14. The van der Waals surface area contributed by atoms with Gasteiger partial charge >= 0.3 is 0 Å². The molecular formula is C24H26N6. The molecule has 4 aromatic rings. The minimum absolute atomic E-state index is 0.300. The van der Waals surface area contributed by atoms with Gasteiger partial charge in [0.25, 0.3) is 0 Å². The molecule has 2 fully saturated rings. The van der Waals surface area contributed by atoms with E-state index >= 15 is 0 Å². The Morgan fingerprint density at radius 3 is 2.80 bits per heavy atom. The number of nitrogens with one attached hydrogen (secondary N) is 3. The maximum atomic E-state index is 6.13. The lowest BCUT2D eigenvalue weighted by atomic mass is 9.63. The Bertz CT molecular complexity index is 1300. The molecule has 7 rings (SSSR count). The van der Waals surface area contributed by atoms with Gasteiger partial charge in [0.2, 0.25) is 0 Å². The zero-order chi connectivity index (χ0) is 20.0. The fraction of sp³-hybridized carbons (Fsp3) is 0.417. The molecule has 2 aliphatic carbocycles. The minimum Gasteiger partial charge on any atom is -0.382 e. The number of H-pyrrole nitrogens is 2. The Morgan fingerprint density at radius 2 is 1.87 bits per heavy atom. The summed E-state index contributed by atoms with van der Waals surface area (Å²) in [5.41, 5.74) is 13.5. The van der Waals surface area contributed by atoms with Crippen LogP contribution < -0.4 is 11.1 Å². The van der Waals surface area contributed by atoms with Crippen molar-refractivity contribution in [3.8, 4) is 0 Å². The number of aromatic amines is 2. The highest BCUT2D eigenvalue weighted by atomic mass is 15.1. The maximum absolute atomic E-state index is 6.13. The summed E-state index contributed by atoms with van der Waals surface area (Å²) in [5.74, 6) is 3.41. The van der Waals surface area contributed by atoms with Gasteiger partial charge in [-0.1, -0.05) is 12.5 Å². The average Bonchev–Trinajstić information content (AvgIpc) is 3.45. The van der Waals surface area contributed by atoms with E-state index in [4.69, 9.17) is 5.73 Å². The molecule has 0 spiro atoms. The van der Waals surface area contributed by atoms with E-state index in [9.17, 15) is 0 Å². The molecule has 2 aromatic heterocycles. The van der Waals surface area contributed by atoms with E-state index < -0.39 is 0 Å². The van der Waals surface area contributed by atoms with Crippen molar-refractivity contribution in [2.24, 2.45) is 17.8 Å². The zero-order valence-corrected chi connectivity index (χ0v) is 17.1. The van der Waals surface area contributed by atoms with E-state index in [1.165, 1.54) is 47.9 Å². The average molecular weight is 399 g/mol. The number of aromatic nitrogens is 4. The molecule has 0 radical (unpaired) electrons. The summed E-state index contributed by atoms with van der Waals surface area (Å²) in [6, 6.07) is 11.3. The molecule has 30 heavy (non-hydrogen) atoms. The zero-order valence-electron chi connectivity index (χ0n) is 17.1. The second-order valence-corrected chi connectivity index (χ2v) is 9.66. The molecule has 3 heterocycles. The van der Waals surface area contributed by atoms with Crippen LogP contribution in [0.3, 0.4) is 0 Å². The Kier molecular flexibility index (Phi) is 3.22. The second-order valence-electron chi connectivity index (χ2n) is 9.66. The van der Waals surface area contributed by atoms with Gasteiger partial charge in [-0.25, -0.2) is 0 Å². The van der Waals surface area contributed by atoms with Gasteiger partial charge in [0, 0.05) is 16.5 Å². The predicted octanol–water partition coefficient (Wildman–Crippen LogP) is 5.02. The Balaban J connectivity index is 1.44. The van der Waals surface area contributed by atoms with E-state index in [2.05, 4.69) is 63.0 Å². The van der Waals surface area contributed by atoms with Gasteiger partial charge in [0.05, 0.1) is 22.8 Å². The third-order valence-corrected chi connectivity index (χ3v) is 8.16. The first-order valence-electron chi connectivity index (χ1n) is 11.1. The fourth-order valence-electron chi connectivity index (χ4n) is 6.95. The van der Waals surface area contributed by atoms with Crippen LogP contribution in [0.4, 0.5) is 11.5 Å². The number of aryl methyl sites for hydroxylation is 1. The smallest absolute Gasteiger partial charge is 0.153 e. The van der Waals surface area contributed by atoms with Crippen LogP contribution in [0.25, 0.3) is 21.8 Å². The highest BCUT2D eigenvalue weighted by Gasteiger charge is 2.49. The first kappa shape index (κ1) is 16.7. The molecule has 3 aliphatic rings. The topological polar surface area (TPSA) is 95.4 Å². The van der Waals surface area contributed by atoms with Gasteiger partial charge in [0.1, 0.15) is 0 Å². The molecule has 2 aromatic carbocycles. The minimum atomic E-state index is 0.300. The maximum Gasteiger partial charge on any atom is 0.153 e. The number of anilines is 2. The van der Waals surface area contributed by atoms with Crippen molar-refractivity contribution >= 4 is 33.3 Å². The Hall–Kier alpha value is -3.02. The van der Waals surface area contributed by atoms with Crippen LogP contribution in [0.5, 0.6) is 0 Å². The van der Waals surface area contributed by atoms with E-state index in [1.54, 1.807) is 0 Å². The van der Waals surface area contributed by atoms with Crippen LogP contribution in [0, 0.1) is 24.7 Å². The van der Waals surface area contributed by atoms with Crippen LogP contribution in [0.1, 0.15) is 54.5 Å².